The molecule has 1 N–H and O–H groups in total. The molecule has 152 valence electrons. The van der Waals surface area contributed by atoms with E-state index in [1.807, 2.05) is 19.9 Å². The Morgan fingerprint density at radius 2 is 2.04 bits per heavy atom. The number of hydrogen-bond donors (Lipinski definition) is 1. The lowest BCUT2D eigenvalue weighted by Gasteiger charge is -2.21. The first-order chi connectivity index (χ1) is 13.5. The first kappa shape index (κ1) is 20.6. The van der Waals surface area contributed by atoms with Gasteiger partial charge in [0.1, 0.15) is 11.3 Å². The number of carbonyl (C=O) groups is 2. The van der Waals surface area contributed by atoms with Crippen LogP contribution in [0.25, 0.3) is 0 Å². The molecule has 1 aromatic rings. The summed E-state index contributed by atoms with van der Waals surface area (Å²) in [5, 5.41) is 3.22. The van der Waals surface area contributed by atoms with Crippen molar-refractivity contribution in [2.45, 2.75) is 52.5 Å². The Hall–Kier alpha value is -2.14. The van der Waals surface area contributed by atoms with Crippen molar-refractivity contribution >= 4 is 11.9 Å². The molecule has 2 fully saturated rings. The second-order valence-corrected chi connectivity index (χ2v) is 8.12. The molecule has 4 atom stereocenters. The number of rotatable bonds is 8. The predicted octanol–water partition coefficient (Wildman–Crippen LogP) is 4.13. The van der Waals surface area contributed by atoms with Crippen LogP contribution >= 0.6 is 0 Å². The van der Waals surface area contributed by atoms with Crippen LogP contribution < -0.4 is 10.1 Å². The second kappa shape index (κ2) is 9.37. The standard InChI is InChI=1S/C23H31NO4/c1-4-24-16(3)11-15(2)22(25)28-21-8-6-5-7-20(21)23(26)27-14-19-13-17-9-10-18(19)12-17/h5-8,11,16-19,24H,4,9-10,12-14H2,1-3H3/b15-11+. The monoisotopic (exact) mass is 385 g/mol. The van der Waals surface area contributed by atoms with Crippen LogP contribution in [0, 0.1) is 17.8 Å². The van der Waals surface area contributed by atoms with Gasteiger partial charge in [0.15, 0.2) is 0 Å². The lowest BCUT2D eigenvalue weighted by molar-refractivity contribution is -0.130. The van der Waals surface area contributed by atoms with Crippen LogP contribution in [0.5, 0.6) is 5.75 Å². The van der Waals surface area contributed by atoms with Crippen molar-refractivity contribution in [3.05, 3.63) is 41.5 Å². The third-order valence-corrected chi connectivity index (χ3v) is 5.97. The molecular weight excluding hydrogens is 354 g/mol. The fourth-order valence-corrected chi connectivity index (χ4v) is 4.57. The van der Waals surface area contributed by atoms with E-state index in [1.165, 1.54) is 25.7 Å². The normalized spacial score (nSPS) is 24.8. The smallest absolute Gasteiger partial charge is 0.341 e. The summed E-state index contributed by atoms with van der Waals surface area (Å²) in [7, 11) is 0. The molecule has 4 unspecified atom stereocenters. The quantitative estimate of drug-likeness (QED) is 0.414. The zero-order chi connectivity index (χ0) is 20.1. The Morgan fingerprint density at radius 3 is 2.71 bits per heavy atom. The van der Waals surface area contributed by atoms with Gasteiger partial charge in [-0.3, -0.25) is 0 Å². The molecule has 2 aliphatic rings. The summed E-state index contributed by atoms with van der Waals surface area (Å²) in [5.41, 5.74) is 0.796. The summed E-state index contributed by atoms with van der Waals surface area (Å²) in [6, 6.07) is 6.84. The van der Waals surface area contributed by atoms with Gasteiger partial charge in [0.05, 0.1) is 6.61 Å². The molecular formula is C23H31NO4. The maximum Gasteiger partial charge on any atom is 0.341 e. The van der Waals surface area contributed by atoms with Gasteiger partial charge in [0, 0.05) is 11.6 Å². The van der Waals surface area contributed by atoms with Gasteiger partial charge in [-0.15, -0.1) is 0 Å². The minimum absolute atomic E-state index is 0.0690. The van der Waals surface area contributed by atoms with Gasteiger partial charge in [-0.1, -0.05) is 31.6 Å². The highest BCUT2D eigenvalue weighted by atomic mass is 16.5. The average Bonchev–Trinajstić information content (AvgIpc) is 3.30. The number of ether oxygens (including phenoxy) is 2. The molecule has 0 amide bonds. The van der Waals surface area contributed by atoms with Crippen molar-refractivity contribution in [1.82, 2.24) is 5.32 Å². The topological polar surface area (TPSA) is 64.6 Å². The van der Waals surface area contributed by atoms with Crippen molar-refractivity contribution in [1.29, 1.82) is 0 Å². The highest BCUT2D eigenvalue weighted by Crippen LogP contribution is 2.48. The molecule has 0 heterocycles. The molecule has 0 saturated heterocycles. The molecule has 5 nitrogen and oxygen atoms in total. The van der Waals surface area contributed by atoms with E-state index in [0.29, 0.717) is 29.6 Å². The summed E-state index contributed by atoms with van der Waals surface area (Å²) in [4.78, 5) is 25.0. The number of para-hydroxylation sites is 1. The molecule has 2 saturated carbocycles. The molecule has 0 aromatic heterocycles. The molecule has 0 radical (unpaired) electrons. The van der Waals surface area contributed by atoms with Crippen LogP contribution in [0.1, 0.15) is 56.8 Å². The van der Waals surface area contributed by atoms with E-state index in [0.717, 1.165) is 12.5 Å². The number of nitrogens with one attached hydrogen (secondary N) is 1. The fourth-order valence-electron chi connectivity index (χ4n) is 4.57. The van der Waals surface area contributed by atoms with Crippen molar-refractivity contribution in [3.63, 3.8) is 0 Å². The molecule has 0 aliphatic heterocycles. The molecule has 3 rings (SSSR count). The van der Waals surface area contributed by atoms with Crippen LogP contribution in [-0.4, -0.2) is 31.1 Å². The van der Waals surface area contributed by atoms with E-state index < -0.39 is 11.9 Å². The summed E-state index contributed by atoms with van der Waals surface area (Å²) in [5.74, 6) is 1.37. The summed E-state index contributed by atoms with van der Waals surface area (Å²) in [6.07, 6.45) is 6.86. The van der Waals surface area contributed by atoms with Crippen LogP contribution in [-0.2, 0) is 9.53 Å². The summed E-state index contributed by atoms with van der Waals surface area (Å²) in [6.45, 7) is 6.97. The second-order valence-electron chi connectivity index (χ2n) is 8.12. The van der Waals surface area contributed by atoms with Crippen LogP contribution in [0.4, 0.5) is 0 Å². The predicted molar refractivity (Wildman–Crippen MR) is 108 cm³/mol. The van der Waals surface area contributed by atoms with Gasteiger partial charge in [-0.05, 0) is 69.5 Å². The summed E-state index contributed by atoms with van der Waals surface area (Å²) >= 11 is 0. The van der Waals surface area contributed by atoms with Gasteiger partial charge >= 0.3 is 11.9 Å². The maximum atomic E-state index is 12.6. The lowest BCUT2D eigenvalue weighted by Crippen LogP contribution is -2.25. The van der Waals surface area contributed by atoms with Gasteiger partial charge in [0.25, 0.3) is 0 Å². The molecule has 1 aromatic carbocycles. The van der Waals surface area contributed by atoms with Gasteiger partial charge in [-0.2, -0.15) is 0 Å². The first-order valence-corrected chi connectivity index (χ1v) is 10.4. The third-order valence-electron chi connectivity index (χ3n) is 5.97. The largest absolute Gasteiger partial charge is 0.462 e. The SMILES string of the molecule is CCNC(C)/C=C(\C)C(=O)Oc1ccccc1C(=O)OCC1CC2CCC1C2. The maximum absolute atomic E-state index is 12.6. The third kappa shape index (κ3) is 5.02. The van der Waals surface area contributed by atoms with Crippen LogP contribution in [0.3, 0.4) is 0 Å². The van der Waals surface area contributed by atoms with E-state index in [-0.39, 0.29) is 11.8 Å². The van der Waals surface area contributed by atoms with Gasteiger partial charge in [0.2, 0.25) is 0 Å². The average molecular weight is 386 g/mol. The van der Waals surface area contributed by atoms with Crippen molar-refractivity contribution in [3.8, 4) is 5.75 Å². The lowest BCUT2D eigenvalue weighted by atomic mass is 9.89. The molecule has 28 heavy (non-hydrogen) atoms. The number of hydrogen-bond acceptors (Lipinski definition) is 5. The van der Waals surface area contributed by atoms with Crippen molar-refractivity contribution in [2.24, 2.45) is 17.8 Å². The van der Waals surface area contributed by atoms with Gasteiger partial charge < -0.3 is 14.8 Å². The number of fused-ring (bicyclic) bond motifs is 2. The van der Waals surface area contributed by atoms with E-state index in [1.54, 1.807) is 31.2 Å². The van der Waals surface area contributed by atoms with Crippen molar-refractivity contribution < 1.29 is 19.1 Å². The first-order valence-electron chi connectivity index (χ1n) is 10.4. The van der Waals surface area contributed by atoms with Crippen LogP contribution in [0.15, 0.2) is 35.9 Å². The Bertz CT molecular complexity index is 742. The highest BCUT2D eigenvalue weighted by molar-refractivity contribution is 5.95. The zero-order valence-electron chi connectivity index (χ0n) is 17.1. The van der Waals surface area contributed by atoms with E-state index in [9.17, 15) is 9.59 Å². The molecule has 5 heteroatoms. The number of esters is 2. The minimum Gasteiger partial charge on any atom is -0.462 e. The number of likely N-dealkylation sites (N-methyl/N-ethyl adjacent to an activating group) is 1. The Kier molecular flexibility index (Phi) is 6.89. The molecule has 2 bridgehead atoms. The van der Waals surface area contributed by atoms with Crippen LogP contribution in [0.2, 0.25) is 0 Å². The van der Waals surface area contributed by atoms with Crippen molar-refractivity contribution in [2.75, 3.05) is 13.2 Å². The van der Waals surface area contributed by atoms with Gasteiger partial charge in [-0.25, -0.2) is 9.59 Å². The summed E-state index contributed by atoms with van der Waals surface area (Å²) < 4.78 is 11.1. The highest BCUT2D eigenvalue weighted by Gasteiger charge is 2.40. The van der Waals surface area contributed by atoms with E-state index >= 15 is 0 Å². The number of carbonyl (C=O) groups excluding carboxylic acids is 2. The Morgan fingerprint density at radius 1 is 1.25 bits per heavy atom. The fraction of sp³-hybridized carbons (Fsp3) is 0.565. The number of benzene rings is 1. The van der Waals surface area contributed by atoms with E-state index in [2.05, 4.69) is 5.32 Å². The minimum atomic E-state index is -0.460. The zero-order valence-corrected chi connectivity index (χ0v) is 17.1. The Balaban J connectivity index is 1.60. The molecule has 2 aliphatic carbocycles. The molecule has 0 spiro atoms. The van der Waals surface area contributed by atoms with E-state index in [4.69, 9.17) is 9.47 Å². The Labute approximate surface area is 167 Å².